The number of anilines is 1. The molecule has 0 saturated heterocycles. The van der Waals surface area contributed by atoms with E-state index >= 15 is 0 Å². The summed E-state index contributed by atoms with van der Waals surface area (Å²) in [4.78, 5) is 4.30. The van der Waals surface area contributed by atoms with Crippen LogP contribution in [0.2, 0.25) is 0 Å². The number of hydrogen-bond donors (Lipinski definition) is 2. The Hall–Kier alpha value is -0.260. The summed E-state index contributed by atoms with van der Waals surface area (Å²) in [7, 11) is 0. The van der Waals surface area contributed by atoms with Crippen molar-refractivity contribution in [3.05, 3.63) is 22.3 Å². The number of nitrogens with one attached hydrogen (secondary N) is 1. The van der Waals surface area contributed by atoms with Gasteiger partial charge < -0.3 is 10.4 Å². The van der Waals surface area contributed by atoms with Crippen molar-refractivity contribution in [2.45, 2.75) is 37.5 Å². The van der Waals surface area contributed by atoms with Crippen LogP contribution in [0.4, 0.5) is 5.82 Å². The second kappa shape index (κ2) is 5.80. The summed E-state index contributed by atoms with van der Waals surface area (Å²) in [6.07, 6.45) is 3.79. The van der Waals surface area contributed by atoms with Gasteiger partial charge in [-0.3, -0.25) is 0 Å². The summed E-state index contributed by atoms with van der Waals surface area (Å²) < 4.78 is 1.01. The van der Waals surface area contributed by atoms with Gasteiger partial charge in [0.1, 0.15) is 5.82 Å². The molecule has 0 aromatic carbocycles. The molecular weight excluding hydrogens is 312 g/mol. The lowest BCUT2D eigenvalue weighted by molar-refractivity contribution is -0.0120. The average molecular weight is 331 g/mol. The number of aromatic nitrogens is 1. The lowest BCUT2D eigenvalue weighted by Crippen LogP contribution is -2.54. The molecule has 2 atom stereocenters. The molecule has 1 aromatic heterocycles. The van der Waals surface area contributed by atoms with Crippen LogP contribution in [0.1, 0.15) is 25.3 Å². The molecule has 1 heterocycles. The van der Waals surface area contributed by atoms with E-state index in [-0.39, 0.29) is 0 Å². The summed E-state index contributed by atoms with van der Waals surface area (Å²) in [5.74, 6) is 1.89. The summed E-state index contributed by atoms with van der Waals surface area (Å²) in [6.45, 7) is 4.75. The molecule has 0 amide bonds. The average Bonchev–Trinajstić information content (AvgIpc) is 2.35. The first-order valence-electron chi connectivity index (χ1n) is 6.25. The molecule has 2 rings (SSSR count). The van der Waals surface area contributed by atoms with E-state index in [4.69, 9.17) is 0 Å². The fourth-order valence-corrected chi connectivity index (χ4v) is 3.53. The van der Waals surface area contributed by atoms with Gasteiger partial charge in [0.15, 0.2) is 0 Å². The van der Waals surface area contributed by atoms with Gasteiger partial charge in [0, 0.05) is 22.5 Å². The first-order chi connectivity index (χ1) is 8.55. The normalized spacial score (nSPS) is 26.8. The second-order valence-corrected chi connectivity index (χ2v) is 7.09. The van der Waals surface area contributed by atoms with Crippen LogP contribution in [0, 0.1) is 6.92 Å². The maximum absolute atomic E-state index is 10.5. The fourth-order valence-electron chi connectivity index (χ4n) is 2.12. The van der Waals surface area contributed by atoms with Gasteiger partial charge in [0.25, 0.3) is 0 Å². The summed E-state index contributed by atoms with van der Waals surface area (Å²) in [6, 6.07) is 1.99. The number of aliphatic hydroxyl groups is 1. The van der Waals surface area contributed by atoms with Crippen LogP contribution < -0.4 is 5.32 Å². The van der Waals surface area contributed by atoms with Crippen molar-refractivity contribution < 1.29 is 5.11 Å². The van der Waals surface area contributed by atoms with Crippen LogP contribution in [0.3, 0.4) is 0 Å². The van der Waals surface area contributed by atoms with Crippen LogP contribution >= 0.6 is 27.7 Å². The molecular formula is C13H19BrN2OS. The maximum Gasteiger partial charge on any atom is 0.126 e. The topological polar surface area (TPSA) is 45.1 Å². The molecule has 18 heavy (non-hydrogen) atoms. The SMILES string of the molecule is CCSC1CCC1(O)CNc1cc(C)c(Br)cn1. The standard InChI is InChI=1S/C13H19BrN2OS/c1-3-18-11-4-5-13(11,17)8-16-12-6-9(2)10(14)7-15-12/h6-7,11,17H,3-5,8H2,1-2H3,(H,15,16). The third-order valence-electron chi connectivity index (χ3n) is 3.43. The highest BCUT2D eigenvalue weighted by Gasteiger charge is 2.44. The summed E-state index contributed by atoms with van der Waals surface area (Å²) in [5.41, 5.74) is 0.580. The molecule has 1 aromatic rings. The number of thioether (sulfide) groups is 1. The number of pyridine rings is 1. The van der Waals surface area contributed by atoms with Crippen LogP contribution in [0.15, 0.2) is 16.7 Å². The minimum absolute atomic E-state index is 0.367. The molecule has 1 aliphatic rings. The highest BCUT2D eigenvalue weighted by Crippen LogP contribution is 2.41. The smallest absolute Gasteiger partial charge is 0.126 e. The predicted molar refractivity (Wildman–Crippen MR) is 81.3 cm³/mol. The molecule has 0 radical (unpaired) electrons. The van der Waals surface area contributed by atoms with Gasteiger partial charge in [-0.15, -0.1) is 0 Å². The van der Waals surface area contributed by atoms with Crippen molar-refractivity contribution in [1.29, 1.82) is 0 Å². The Morgan fingerprint density at radius 1 is 1.67 bits per heavy atom. The second-order valence-electron chi connectivity index (χ2n) is 4.76. The van der Waals surface area contributed by atoms with E-state index in [1.54, 1.807) is 6.20 Å². The lowest BCUT2D eigenvalue weighted by atomic mass is 9.79. The van der Waals surface area contributed by atoms with Crippen LogP contribution in [0.25, 0.3) is 0 Å². The molecule has 5 heteroatoms. The zero-order valence-corrected chi connectivity index (χ0v) is 13.1. The van der Waals surface area contributed by atoms with Crippen molar-refractivity contribution in [2.75, 3.05) is 17.6 Å². The zero-order chi connectivity index (χ0) is 13.2. The van der Waals surface area contributed by atoms with Crippen LogP contribution in [-0.4, -0.2) is 33.2 Å². The number of hydrogen-bond acceptors (Lipinski definition) is 4. The summed E-state index contributed by atoms with van der Waals surface area (Å²) in [5, 5.41) is 14.1. The Morgan fingerprint density at radius 2 is 2.44 bits per heavy atom. The van der Waals surface area contributed by atoms with Crippen molar-refractivity contribution in [2.24, 2.45) is 0 Å². The molecule has 1 fully saturated rings. The Bertz CT molecular complexity index is 429. The van der Waals surface area contributed by atoms with Gasteiger partial charge in [-0.2, -0.15) is 11.8 Å². The Balaban J connectivity index is 1.93. The molecule has 3 nitrogen and oxygen atoms in total. The maximum atomic E-state index is 10.5. The van der Waals surface area contributed by atoms with Crippen molar-refractivity contribution >= 4 is 33.5 Å². The molecule has 1 saturated carbocycles. The first-order valence-corrected chi connectivity index (χ1v) is 8.09. The van der Waals surface area contributed by atoms with Gasteiger partial charge >= 0.3 is 0 Å². The molecule has 0 spiro atoms. The van der Waals surface area contributed by atoms with E-state index < -0.39 is 5.60 Å². The quantitative estimate of drug-likeness (QED) is 0.870. The fraction of sp³-hybridized carbons (Fsp3) is 0.615. The predicted octanol–water partition coefficient (Wildman–Crippen LogP) is 3.21. The van der Waals surface area contributed by atoms with E-state index in [1.165, 1.54) is 0 Å². The van der Waals surface area contributed by atoms with Gasteiger partial charge in [-0.25, -0.2) is 4.98 Å². The van der Waals surface area contributed by atoms with Gasteiger partial charge in [-0.05, 0) is 53.1 Å². The van der Waals surface area contributed by atoms with E-state index in [9.17, 15) is 5.11 Å². The lowest BCUT2D eigenvalue weighted by Gasteiger charge is -2.45. The Kier molecular flexibility index (Phi) is 4.56. The van der Waals surface area contributed by atoms with Crippen molar-refractivity contribution in [3.8, 4) is 0 Å². The number of halogens is 1. The highest BCUT2D eigenvalue weighted by atomic mass is 79.9. The molecule has 2 unspecified atom stereocenters. The third kappa shape index (κ3) is 3.00. The van der Waals surface area contributed by atoms with Gasteiger partial charge in [0.2, 0.25) is 0 Å². The third-order valence-corrected chi connectivity index (χ3v) is 5.67. The van der Waals surface area contributed by atoms with Crippen LogP contribution in [0.5, 0.6) is 0 Å². The minimum atomic E-state index is -0.566. The van der Waals surface area contributed by atoms with E-state index in [0.717, 1.165) is 34.4 Å². The summed E-state index contributed by atoms with van der Waals surface area (Å²) >= 11 is 5.28. The van der Waals surface area contributed by atoms with Gasteiger partial charge in [0.05, 0.1) is 5.60 Å². The molecule has 2 N–H and O–H groups in total. The first kappa shape index (κ1) is 14.2. The monoisotopic (exact) mass is 330 g/mol. The number of aryl methyl sites for hydroxylation is 1. The van der Waals surface area contributed by atoms with Crippen molar-refractivity contribution in [1.82, 2.24) is 4.98 Å². The van der Waals surface area contributed by atoms with Gasteiger partial charge in [-0.1, -0.05) is 6.92 Å². The van der Waals surface area contributed by atoms with E-state index in [2.05, 4.69) is 33.2 Å². The van der Waals surface area contributed by atoms with E-state index in [1.807, 2.05) is 24.8 Å². The van der Waals surface area contributed by atoms with Crippen LogP contribution in [-0.2, 0) is 0 Å². The number of rotatable bonds is 5. The Morgan fingerprint density at radius 3 is 3.00 bits per heavy atom. The zero-order valence-electron chi connectivity index (χ0n) is 10.7. The Labute approximate surface area is 121 Å². The van der Waals surface area contributed by atoms with Crippen molar-refractivity contribution in [3.63, 3.8) is 0 Å². The minimum Gasteiger partial charge on any atom is -0.387 e. The largest absolute Gasteiger partial charge is 0.387 e. The van der Waals surface area contributed by atoms with E-state index in [0.29, 0.717) is 11.8 Å². The highest BCUT2D eigenvalue weighted by molar-refractivity contribution is 9.10. The molecule has 0 bridgehead atoms. The molecule has 100 valence electrons. The molecule has 1 aliphatic carbocycles. The molecule has 0 aliphatic heterocycles. The number of nitrogens with zero attached hydrogens (tertiary/aromatic N) is 1.